The summed E-state index contributed by atoms with van der Waals surface area (Å²) in [6, 6.07) is 17.6. The Bertz CT molecular complexity index is 1010. The Morgan fingerprint density at radius 2 is 1.57 bits per heavy atom. The van der Waals surface area contributed by atoms with E-state index in [1.807, 2.05) is 68.4 Å². The molecule has 158 valence electrons. The highest BCUT2D eigenvalue weighted by Gasteiger charge is 2.56. The van der Waals surface area contributed by atoms with Crippen LogP contribution in [0.5, 0.6) is 0 Å². The number of carbonyl (C=O) groups is 2. The van der Waals surface area contributed by atoms with Crippen molar-refractivity contribution in [2.75, 3.05) is 14.2 Å². The Morgan fingerprint density at radius 3 is 2.17 bits per heavy atom. The molecule has 0 saturated heterocycles. The minimum Gasteiger partial charge on any atom is -0.468 e. The molecule has 0 bridgehead atoms. The van der Waals surface area contributed by atoms with Gasteiger partial charge in [-0.05, 0) is 30.5 Å². The van der Waals surface area contributed by atoms with Crippen molar-refractivity contribution < 1.29 is 19.1 Å². The van der Waals surface area contributed by atoms with Crippen molar-refractivity contribution in [3.8, 4) is 0 Å². The first kappa shape index (κ1) is 21.6. The summed E-state index contributed by atoms with van der Waals surface area (Å²) in [4.78, 5) is 30.1. The molecule has 1 atom stereocenters. The molecule has 1 unspecified atom stereocenters. The number of benzene rings is 2. The molecule has 3 aromatic rings. The van der Waals surface area contributed by atoms with Crippen LogP contribution in [0.1, 0.15) is 48.9 Å². The van der Waals surface area contributed by atoms with Gasteiger partial charge in [-0.25, -0.2) is 0 Å². The fraction of sp³-hybridized carbons (Fsp3) is 0.360. The average Bonchev–Trinajstić information content (AvgIpc) is 3.11. The zero-order chi connectivity index (χ0) is 21.7. The summed E-state index contributed by atoms with van der Waals surface area (Å²) in [5.74, 6) is -1.69. The molecule has 3 rings (SSSR count). The van der Waals surface area contributed by atoms with Crippen molar-refractivity contribution in [1.82, 2.24) is 4.98 Å². The molecule has 1 N–H and O–H groups in total. The zero-order valence-corrected chi connectivity index (χ0v) is 18.0. The fourth-order valence-corrected chi connectivity index (χ4v) is 4.50. The van der Waals surface area contributed by atoms with Crippen LogP contribution in [0.3, 0.4) is 0 Å². The van der Waals surface area contributed by atoms with Crippen LogP contribution in [0.15, 0.2) is 54.6 Å². The maximum Gasteiger partial charge on any atom is 0.324 e. The summed E-state index contributed by atoms with van der Waals surface area (Å²) < 4.78 is 10.5. The topological polar surface area (TPSA) is 68.4 Å². The number of fused-ring (bicyclic) bond motifs is 1. The SMILES string of the molecule is CCCCC(C(=O)OC)(C(=O)OC)C(c1ccccc1)c1c(C)[nH]c2ccccc12. The van der Waals surface area contributed by atoms with Gasteiger partial charge in [-0.2, -0.15) is 0 Å². The molecule has 0 aliphatic rings. The quantitative estimate of drug-likeness (QED) is 0.415. The molecule has 5 nitrogen and oxygen atoms in total. The van der Waals surface area contributed by atoms with Gasteiger partial charge in [0.1, 0.15) is 0 Å². The number of esters is 2. The van der Waals surface area contributed by atoms with Crippen LogP contribution in [0.25, 0.3) is 10.9 Å². The third-order valence-corrected chi connectivity index (χ3v) is 5.88. The number of ether oxygens (including phenoxy) is 2. The number of methoxy groups -OCH3 is 2. The van der Waals surface area contributed by atoms with Gasteiger partial charge in [0.05, 0.1) is 14.2 Å². The second-order valence-electron chi connectivity index (χ2n) is 7.61. The van der Waals surface area contributed by atoms with Crippen LogP contribution in [-0.2, 0) is 19.1 Å². The van der Waals surface area contributed by atoms with Crippen LogP contribution in [0.2, 0.25) is 0 Å². The van der Waals surface area contributed by atoms with E-state index < -0.39 is 23.3 Å². The summed E-state index contributed by atoms with van der Waals surface area (Å²) in [5, 5.41) is 0.984. The Morgan fingerprint density at radius 1 is 0.967 bits per heavy atom. The molecular weight excluding hydrogens is 378 g/mol. The van der Waals surface area contributed by atoms with Crippen molar-refractivity contribution in [2.45, 2.75) is 39.0 Å². The number of hydrogen-bond donors (Lipinski definition) is 1. The number of aryl methyl sites for hydroxylation is 1. The Labute approximate surface area is 177 Å². The van der Waals surface area contributed by atoms with Gasteiger partial charge >= 0.3 is 11.9 Å². The van der Waals surface area contributed by atoms with Crippen LogP contribution >= 0.6 is 0 Å². The molecule has 0 aliphatic heterocycles. The molecule has 1 heterocycles. The van der Waals surface area contributed by atoms with E-state index in [0.717, 1.165) is 34.1 Å². The lowest BCUT2D eigenvalue weighted by Crippen LogP contribution is -2.46. The van der Waals surface area contributed by atoms with Gasteiger partial charge in [-0.3, -0.25) is 9.59 Å². The molecule has 0 saturated carbocycles. The number of para-hydroxylation sites is 1. The van der Waals surface area contributed by atoms with Crippen LogP contribution < -0.4 is 0 Å². The molecule has 5 heteroatoms. The zero-order valence-electron chi connectivity index (χ0n) is 18.0. The van der Waals surface area contributed by atoms with E-state index in [4.69, 9.17) is 9.47 Å². The predicted octanol–water partition coefficient (Wildman–Crippen LogP) is 5.13. The molecule has 0 amide bonds. The molecule has 0 radical (unpaired) electrons. The van der Waals surface area contributed by atoms with Crippen LogP contribution in [-0.4, -0.2) is 31.1 Å². The summed E-state index contributed by atoms with van der Waals surface area (Å²) in [5.41, 5.74) is 2.18. The minimum absolute atomic E-state index is 0.335. The van der Waals surface area contributed by atoms with E-state index >= 15 is 0 Å². The first-order valence-electron chi connectivity index (χ1n) is 10.3. The maximum atomic E-state index is 13.4. The van der Waals surface area contributed by atoms with Gasteiger partial charge < -0.3 is 14.5 Å². The van der Waals surface area contributed by atoms with Crippen molar-refractivity contribution in [3.63, 3.8) is 0 Å². The summed E-state index contributed by atoms with van der Waals surface area (Å²) in [6.45, 7) is 4.01. The maximum absolute atomic E-state index is 13.4. The van der Waals surface area contributed by atoms with Gasteiger partial charge in [-0.1, -0.05) is 68.3 Å². The standard InChI is InChI=1S/C25H29NO4/c1-5-6-16-25(23(27)29-3,24(28)30-4)22(18-12-8-7-9-13-18)21-17(2)26-20-15-11-10-14-19(20)21/h7-15,22,26H,5-6,16H2,1-4H3. The number of aromatic nitrogens is 1. The van der Waals surface area contributed by atoms with Crippen molar-refractivity contribution in [3.05, 3.63) is 71.4 Å². The number of hydrogen-bond acceptors (Lipinski definition) is 4. The Balaban J connectivity index is 2.40. The second-order valence-corrected chi connectivity index (χ2v) is 7.61. The van der Waals surface area contributed by atoms with E-state index in [9.17, 15) is 9.59 Å². The fourth-order valence-electron chi connectivity index (χ4n) is 4.50. The van der Waals surface area contributed by atoms with Crippen molar-refractivity contribution in [1.29, 1.82) is 0 Å². The van der Waals surface area contributed by atoms with E-state index in [-0.39, 0.29) is 0 Å². The van der Waals surface area contributed by atoms with E-state index in [0.29, 0.717) is 12.8 Å². The normalized spacial score (nSPS) is 12.5. The van der Waals surface area contributed by atoms with Crippen molar-refractivity contribution in [2.24, 2.45) is 5.41 Å². The lowest BCUT2D eigenvalue weighted by Gasteiger charge is -2.36. The Kier molecular flexibility index (Phi) is 6.60. The van der Waals surface area contributed by atoms with Gasteiger partial charge in [0.2, 0.25) is 0 Å². The number of unbranched alkanes of at least 4 members (excludes halogenated alkanes) is 1. The number of nitrogens with one attached hydrogen (secondary N) is 1. The largest absolute Gasteiger partial charge is 0.468 e. The van der Waals surface area contributed by atoms with E-state index in [1.165, 1.54) is 14.2 Å². The molecule has 2 aromatic carbocycles. The monoisotopic (exact) mass is 407 g/mol. The first-order chi connectivity index (χ1) is 14.5. The number of aromatic amines is 1. The highest BCUT2D eigenvalue weighted by atomic mass is 16.5. The van der Waals surface area contributed by atoms with Gasteiger partial charge in [0.25, 0.3) is 0 Å². The van der Waals surface area contributed by atoms with Crippen molar-refractivity contribution >= 4 is 22.8 Å². The first-order valence-corrected chi connectivity index (χ1v) is 10.3. The molecule has 30 heavy (non-hydrogen) atoms. The summed E-state index contributed by atoms with van der Waals surface area (Å²) in [7, 11) is 2.66. The molecule has 0 fully saturated rings. The molecular formula is C25H29NO4. The predicted molar refractivity (Wildman–Crippen MR) is 117 cm³/mol. The summed E-state index contributed by atoms with van der Waals surface area (Å²) in [6.07, 6.45) is 1.86. The van der Waals surface area contributed by atoms with Crippen LogP contribution in [0.4, 0.5) is 0 Å². The van der Waals surface area contributed by atoms with Crippen LogP contribution in [0, 0.1) is 12.3 Å². The average molecular weight is 408 g/mol. The Hall–Kier alpha value is -3.08. The lowest BCUT2D eigenvalue weighted by molar-refractivity contribution is -0.171. The number of H-pyrrole nitrogens is 1. The molecule has 1 aromatic heterocycles. The third kappa shape index (κ3) is 3.60. The molecule has 0 aliphatic carbocycles. The van der Waals surface area contributed by atoms with E-state index in [1.54, 1.807) is 0 Å². The lowest BCUT2D eigenvalue weighted by atomic mass is 9.65. The number of carbonyl (C=O) groups excluding carboxylic acids is 2. The third-order valence-electron chi connectivity index (χ3n) is 5.88. The highest BCUT2D eigenvalue weighted by molar-refractivity contribution is 6.03. The minimum atomic E-state index is -1.49. The highest BCUT2D eigenvalue weighted by Crippen LogP contribution is 2.49. The smallest absolute Gasteiger partial charge is 0.324 e. The second kappa shape index (κ2) is 9.16. The molecule has 0 spiro atoms. The number of rotatable bonds is 8. The van der Waals surface area contributed by atoms with Gasteiger partial charge in [0.15, 0.2) is 5.41 Å². The van der Waals surface area contributed by atoms with Gasteiger partial charge in [-0.15, -0.1) is 0 Å². The van der Waals surface area contributed by atoms with E-state index in [2.05, 4.69) is 4.98 Å². The summed E-state index contributed by atoms with van der Waals surface area (Å²) >= 11 is 0. The van der Waals surface area contributed by atoms with Gasteiger partial charge in [0, 0.05) is 22.5 Å².